The van der Waals surface area contributed by atoms with Gasteiger partial charge in [0.15, 0.2) is 0 Å². The van der Waals surface area contributed by atoms with Crippen LogP contribution >= 0.6 is 18.6 Å². The molecule has 0 atom stereocenters. The quantitative estimate of drug-likeness (QED) is 0.186. The summed E-state index contributed by atoms with van der Waals surface area (Å²) in [6.45, 7) is 6.54. The second-order valence-corrected chi connectivity index (χ2v) is 10.3. The van der Waals surface area contributed by atoms with Crippen molar-refractivity contribution < 1.29 is 21.8 Å². The van der Waals surface area contributed by atoms with E-state index in [-0.39, 0.29) is 0 Å². The Balaban J connectivity index is 0. The molecule has 2 aromatic rings. The van der Waals surface area contributed by atoms with Gasteiger partial charge in [-0.15, -0.1) is 29.7 Å². The van der Waals surface area contributed by atoms with E-state index in [1.165, 1.54) is 55.7 Å². The summed E-state index contributed by atoms with van der Waals surface area (Å²) in [7, 11) is 10.9. The first-order valence-corrected chi connectivity index (χ1v) is 16.8. The zero-order chi connectivity index (χ0) is 22.2. The van der Waals surface area contributed by atoms with E-state index in [4.69, 9.17) is 24.3 Å². The average Bonchev–Trinajstić information content (AvgIpc) is 3.17. The van der Waals surface area contributed by atoms with Crippen LogP contribution in [-0.4, -0.2) is 15.4 Å². The van der Waals surface area contributed by atoms with Crippen molar-refractivity contribution in [1.82, 2.24) is 0 Å². The molecule has 0 heterocycles. The monoisotopic (exact) mass is 489 g/mol. The molecular formula is C23H37Cl2NOSiTi-2. The van der Waals surface area contributed by atoms with Crippen LogP contribution in [0, 0.1) is 0 Å². The third kappa shape index (κ3) is 24.0. The van der Waals surface area contributed by atoms with Crippen molar-refractivity contribution in [3.05, 3.63) is 48.2 Å². The van der Waals surface area contributed by atoms with E-state index in [2.05, 4.69) is 62.5 Å². The molecule has 0 aliphatic rings. The first-order chi connectivity index (χ1) is 14.1. The fourth-order valence-corrected chi connectivity index (χ4v) is 2.67. The maximum Gasteiger partial charge on any atom is -0.0809 e. The number of carbonyl (C=O) groups is 1. The first kappa shape index (κ1) is 31.0. The van der Waals surface area contributed by atoms with E-state index < -0.39 is 22.9 Å². The van der Waals surface area contributed by atoms with Crippen molar-refractivity contribution in [3.8, 4) is 0 Å². The number of unbranched alkanes of at least 4 members (excludes halogenated alkanes) is 8. The van der Waals surface area contributed by atoms with Gasteiger partial charge in [-0.25, -0.2) is 0 Å². The van der Waals surface area contributed by atoms with Crippen molar-refractivity contribution in [3.63, 3.8) is 0 Å². The van der Waals surface area contributed by atoms with Crippen LogP contribution in [0.3, 0.4) is 0 Å². The molecule has 0 saturated heterocycles. The minimum Gasteiger partial charge on any atom is -0.168 e. The summed E-state index contributed by atoms with van der Waals surface area (Å²) < 4.78 is 0. The predicted molar refractivity (Wildman–Crippen MR) is 130 cm³/mol. The minimum atomic E-state index is -0.556. The molecule has 164 valence electrons. The van der Waals surface area contributed by atoms with Gasteiger partial charge >= 0.3 is 35.6 Å². The average molecular weight is 490 g/mol. The van der Waals surface area contributed by atoms with Crippen molar-refractivity contribution in [1.29, 1.82) is 0 Å². The molecule has 6 heteroatoms. The van der Waals surface area contributed by atoms with E-state index in [0.717, 1.165) is 22.4 Å². The molecule has 0 fully saturated rings. The number of amides is 1. The molecule has 0 unspecified atom stereocenters. The molecule has 0 aliphatic carbocycles. The molecule has 2 aromatic carbocycles. The maximum absolute atomic E-state index is 10.3. The number of hydrogen-bond acceptors (Lipinski definition) is 1. The number of rotatable bonds is 10. The summed E-state index contributed by atoms with van der Waals surface area (Å²) in [6.07, 6.45) is 11.8. The van der Waals surface area contributed by atoms with Crippen LogP contribution in [0.2, 0.25) is 13.1 Å². The molecule has 0 aromatic heterocycles. The molecule has 2 radical (unpaired) electrons. The third-order valence-electron chi connectivity index (χ3n) is 4.05. The Kier molecular flexibility index (Phi) is 27.6. The van der Waals surface area contributed by atoms with Gasteiger partial charge in [-0.05, 0) is 12.8 Å². The van der Waals surface area contributed by atoms with Crippen LogP contribution in [-0.2, 0) is 21.8 Å². The first-order valence-electron chi connectivity index (χ1n) is 10.5. The number of fused-ring (bicyclic) bond motifs is 1. The van der Waals surface area contributed by atoms with Gasteiger partial charge in [0, 0.05) is 15.4 Å². The van der Waals surface area contributed by atoms with Crippen molar-refractivity contribution >= 4 is 44.8 Å². The summed E-state index contributed by atoms with van der Waals surface area (Å²) in [4.78, 5) is 10.3. The Morgan fingerprint density at radius 1 is 0.966 bits per heavy atom. The van der Waals surface area contributed by atoms with Gasteiger partial charge in [0.05, 0.1) is 0 Å². The van der Waals surface area contributed by atoms with Gasteiger partial charge in [-0.3, -0.25) is 0 Å². The molecule has 0 saturated carbocycles. The van der Waals surface area contributed by atoms with Crippen LogP contribution in [0.15, 0.2) is 42.5 Å². The smallest absolute Gasteiger partial charge is 0.0809 e. The number of halogens is 2. The van der Waals surface area contributed by atoms with Crippen LogP contribution in [0.4, 0.5) is 0 Å². The molecule has 1 amide bonds. The van der Waals surface area contributed by atoms with E-state index in [9.17, 15) is 4.79 Å². The second kappa shape index (κ2) is 25.8. The van der Waals surface area contributed by atoms with E-state index in [0.29, 0.717) is 6.42 Å². The summed E-state index contributed by atoms with van der Waals surface area (Å²) in [5.41, 5.74) is 6.73. The Morgan fingerprint density at radius 2 is 1.45 bits per heavy atom. The summed E-state index contributed by atoms with van der Waals surface area (Å²) in [6, 6.07) is 14.7. The van der Waals surface area contributed by atoms with Gasteiger partial charge in [-0.2, -0.15) is 17.5 Å². The summed E-state index contributed by atoms with van der Waals surface area (Å²) in [5.74, 6) is -0.409. The van der Waals surface area contributed by atoms with Crippen molar-refractivity contribution in [2.24, 2.45) is 0 Å². The molecular weight excluding hydrogens is 453 g/mol. The van der Waals surface area contributed by atoms with Crippen LogP contribution in [0.1, 0.15) is 71.1 Å². The van der Waals surface area contributed by atoms with Crippen LogP contribution in [0.5, 0.6) is 0 Å². The molecule has 2 nitrogen and oxygen atoms in total. The Bertz CT molecular complexity index is 549. The topological polar surface area (TPSA) is 40.9 Å². The number of hydrogen-bond donors (Lipinski definition) is 0. The molecule has 2 rings (SSSR count). The number of carbonyl (C=O) groups excluding carboxylic acids is 1. The SMILES string of the molecule is CCCCCCCCCCCC([NH-])=O.C[Si]C.[Cl][Ti][Cl].c1ccc2[cH-]ccc2c1. The van der Waals surface area contributed by atoms with Crippen LogP contribution < -0.4 is 0 Å². The maximum atomic E-state index is 10.3. The molecule has 0 spiro atoms. The van der Waals surface area contributed by atoms with Crippen LogP contribution in [0.25, 0.3) is 16.5 Å². The second-order valence-electron chi connectivity index (χ2n) is 6.73. The Labute approximate surface area is 198 Å². The number of nitrogens with one attached hydrogen (secondary N) is 1. The minimum absolute atomic E-state index is 0.409. The molecule has 29 heavy (non-hydrogen) atoms. The van der Waals surface area contributed by atoms with Gasteiger partial charge in [0.2, 0.25) is 0 Å². The fraction of sp³-hybridized carbons (Fsp3) is 0.565. The Hall–Kier alpha value is -0.189. The van der Waals surface area contributed by atoms with Crippen molar-refractivity contribution in [2.75, 3.05) is 0 Å². The molecule has 0 aliphatic heterocycles. The Morgan fingerprint density at radius 3 is 1.93 bits per heavy atom. The summed E-state index contributed by atoms with van der Waals surface area (Å²) >= 11 is -0.556. The zero-order valence-electron chi connectivity index (χ0n) is 18.3. The number of benzene rings is 1. The predicted octanol–water partition coefficient (Wildman–Crippen LogP) is 9.21. The largest absolute Gasteiger partial charge is 0.168 e. The molecule has 0 bridgehead atoms. The van der Waals surface area contributed by atoms with Gasteiger partial charge < -0.3 is 10.5 Å². The molecule has 1 N–H and O–H groups in total. The normalized spacial score (nSPS) is 9.28. The third-order valence-corrected chi connectivity index (χ3v) is 4.05. The summed E-state index contributed by atoms with van der Waals surface area (Å²) in [5, 5.41) is 2.66. The zero-order valence-corrected chi connectivity index (χ0v) is 22.4. The van der Waals surface area contributed by atoms with Gasteiger partial charge in [-0.1, -0.05) is 77.5 Å². The fourth-order valence-electron chi connectivity index (χ4n) is 2.67. The van der Waals surface area contributed by atoms with E-state index in [1.54, 1.807) is 0 Å². The standard InChI is InChI=1S/C12H25NO.C9H7.C2H6Si.2ClH.Ti/c1-2-3-4-5-6-7-8-9-10-11-12(13)14;1-2-5-9-7-3-6-8(9)4-1;1-3-2;;;/h2-11H2,1H3,(H2,13,14);1-7H;1-2H3;2*1H;/q;-1;;;;+2/p-3. The van der Waals surface area contributed by atoms with Gasteiger partial charge in [0.25, 0.3) is 0 Å². The van der Waals surface area contributed by atoms with E-state index in [1.807, 2.05) is 0 Å². The van der Waals surface area contributed by atoms with Gasteiger partial charge in [0.1, 0.15) is 0 Å². The van der Waals surface area contributed by atoms with Crippen molar-refractivity contribution in [2.45, 2.75) is 84.2 Å². The van der Waals surface area contributed by atoms with E-state index >= 15 is 0 Å².